The Kier molecular flexibility index (Phi) is 5.64. The maximum atomic E-state index is 12.5. The van der Waals surface area contributed by atoms with Gasteiger partial charge in [0.1, 0.15) is 23.0 Å². The predicted octanol–water partition coefficient (Wildman–Crippen LogP) is 3.02. The van der Waals surface area contributed by atoms with Crippen LogP contribution in [0.5, 0.6) is 23.0 Å². The summed E-state index contributed by atoms with van der Waals surface area (Å²) >= 11 is 0. The first-order chi connectivity index (χ1) is 13.6. The number of carbonyl (C=O) groups excluding carboxylic acids is 1. The van der Waals surface area contributed by atoms with Crippen LogP contribution in [-0.4, -0.2) is 44.5 Å². The van der Waals surface area contributed by atoms with E-state index in [0.29, 0.717) is 34.1 Å². The van der Waals surface area contributed by atoms with Crippen LogP contribution < -0.4 is 24.3 Å². The van der Waals surface area contributed by atoms with Gasteiger partial charge < -0.3 is 23.4 Å². The molecule has 0 aliphatic heterocycles. The first kappa shape index (κ1) is 19.0. The molecule has 2 aromatic carbocycles. The molecule has 0 saturated carbocycles. The molecule has 0 fully saturated rings. The second-order valence-electron chi connectivity index (χ2n) is 5.53. The molecule has 3 rings (SSSR count). The summed E-state index contributed by atoms with van der Waals surface area (Å²) in [6, 6.07) is 9.91. The first-order valence-corrected chi connectivity index (χ1v) is 8.18. The third kappa shape index (κ3) is 3.98. The number of anilines is 1. The van der Waals surface area contributed by atoms with Crippen molar-refractivity contribution in [1.82, 2.24) is 10.2 Å². The van der Waals surface area contributed by atoms with Crippen LogP contribution in [0.1, 0.15) is 10.4 Å². The zero-order chi connectivity index (χ0) is 20.1. The minimum atomic E-state index is -0.450. The highest BCUT2D eigenvalue weighted by atomic mass is 16.5. The Morgan fingerprint density at radius 2 is 1.54 bits per heavy atom. The number of methoxy groups -OCH3 is 4. The lowest BCUT2D eigenvalue weighted by molar-refractivity contribution is 0.102. The van der Waals surface area contributed by atoms with E-state index in [2.05, 4.69) is 15.5 Å². The molecule has 0 aliphatic carbocycles. The van der Waals surface area contributed by atoms with E-state index in [4.69, 9.17) is 23.4 Å². The summed E-state index contributed by atoms with van der Waals surface area (Å²) in [5.74, 6) is 1.84. The average molecular weight is 385 g/mol. The van der Waals surface area contributed by atoms with Gasteiger partial charge in [0.2, 0.25) is 0 Å². The third-order valence-electron chi connectivity index (χ3n) is 3.90. The smallest absolute Gasteiger partial charge is 0.322 e. The van der Waals surface area contributed by atoms with Gasteiger partial charge >= 0.3 is 6.01 Å². The fraction of sp³-hybridized carbons (Fsp3) is 0.211. The maximum absolute atomic E-state index is 12.5. The van der Waals surface area contributed by atoms with Crippen LogP contribution in [0.4, 0.5) is 6.01 Å². The maximum Gasteiger partial charge on any atom is 0.322 e. The summed E-state index contributed by atoms with van der Waals surface area (Å²) in [6.45, 7) is 0. The number of nitrogens with one attached hydrogen (secondary N) is 1. The molecule has 0 atom stereocenters. The predicted molar refractivity (Wildman–Crippen MR) is 100 cm³/mol. The molecule has 0 unspecified atom stereocenters. The van der Waals surface area contributed by atoms with Crippen LogP contribution in [0.3, 0.4) is 0 Å². The second-order valence-corrected chi connectivity index (χ2v) is 5.53. The SMILES string of the molecule is COc1cc(OC)cc(C(=O)Nc2nnc(-c3ccc(OC)cc3OC)o2)c1. The molecule has 0 saturated heterocycles. The number of ether oxygens (including phenoxy) is 4. The van der Waals surface area contributed by atoms with Crippen LogP contribution in [0.25, 0.3) is 11.5 Å². The van der Waals surface area contributed by atoms with Gasteiger partial charge in [0.15, 0.2) is 0 Å². The molecule has 0 bridgehead atoms. The van der Waals surface area contributed by atoms with Crippen molar-refractivity contribution >= 4 is 11.9 Å². The van der Waals surface area contributed by atoms with Gasteiger partial charge in [-0.1, -0.05) is 5.10 Å². The lowest BCUT2D eigenvalue weighted by Gasteiger charge is -2.08. The molecular formula is C19H19N3O6. The second kappa shape index (κ2) is 8.30. The Morgan fingerprint density at radius 3 is 2.14 bits per heavy atom. The standard InChI is InChI=1S/C19H19N3O6/c1-24-12-5-6-15(16(10-12)27-4)18-21-22-19(28-18)20-17(23)11-7-13(25-2)9-14(8-11)26-3/h5-10H,1-4H3,(H,20,22,23). The topological polar surface area (TPSA) is 105 Å². The van der Waals surface area contributed by atoms with Gasteiger partial charge in [-0.25, -0.2) is 0 Å². The fourth-order valence-corrected chi connectivity index (χ4v) is 2.47. The molecule has 1 heterocycles. The van der Waals surface area contributed by atoms with Gasteiger partial charge in [-0.05, 0) is 24.3 Å². The number of nitrogens with zero attached hydrogens (tertiary/aromatic N) is 2. The highest BCUT2D eigenvalue weighted by molar-refractivity contribution is 6.03. The van der Waals surface area contributed by atoms with Crippen molar-refractivity contribution in [3.8, 4) is 34.5 Å². The zero-order valence-corrected chi connectivity index (χ0v) is 15.8. The van der Waals surface area contributed by atoms with E-state index >= 15 is 0 Å². The molecule has 9 heteroatoms. The van der Waals surface area contributed by atoms with E-state index in [0.717, 1.165) is 0 Å². The van der Waals surface area contributed by atoms with Crippen LogP contribution in [0.2, 0.25) is 0 Å². The molecule has 0 aliphatic rings. The van der Waals surface area contributed by atoms with E-state index in [1.54, 1.807) is 43.5 Å². The monoisotopic (exact) mass is 385 g/mol. The van der Waals surface area contributed by atoms with Crippen molar-refractivity contribution in [2.75, 3.05) is 33.8 Å². The lowest BCUT2D eigenvalue weighted by atomic mass is 10.2. The number of benzene rings is 2. The van der Waals surface area contributed by atoms with Gasteiger partial charge in [0.05, 0.1) is 34.0 Å². The van der Waals surface area contributed by atoms with Crippen LogP contribution in [0.15, 0.2) is 40.8 Å². The van der Waals surface area contributed by atoms with Crippen LogP contribution >= 0.6 is 0 Å². The minimum absolute atomic E-state index is 0.0559. The van der Waals surface area contributed by atoms with Crippen molar-refractivity contribution in [3.05, 3.63) is 42.0 Å². The normalized spacial score (nSPS) is 10.3. The Labute approximate surface area is 161 Å². The van der Waals surface area contributed by atoms with Crippen molar-refractivity contribution < 1.29 is 28.2 Å². The third-order valence-corrected chi connectivity index (χ3v) is 3.90. The minimum Gasteiger partial charge on any atom is -0.497 e. The number of carbonyl (C=O) groups is 1. The number of aromatic nitrogens is 2. The summed E-state index contributed by atoms with van der Waals surface area (Å²) in [5, 5.41) is 10.4. The van der Waals surface area contributed by atoms with Gasteiger partial charge in [-0.2, -0.15) is 0 Å². The Balaban J connectivity index is 1.83. The lowest BCUT2D eigenvalue weighted by Crippen LogP contribution is -2.12. The Bertz CT molecular complexity index is 963. The zero-order valence-electron chi connectivity index (χ0n) is 15.8. The van der Waals surface area contributed by atoms with E-state index in [9.17, 15) is 4.79 Å². The number of amides is 1. The van der Waals surface area contributed by atoms with Gasteiger partial charge in [-0.15, -0.1) is 5.10 Å². The number of hydrogen-bond acceptors (Lipinski definition) is 8. The summed E-state index contributed by atoms with van der Waals surface area (Å²) in [5.41, 5.74) is 0.886. The van der Waals surface area contributed by atoms with Gasteiger partial charge in [0.25, 0.3) is 11.8 Å². The fourth-order valence-electron chi connectivity index (χ4n) is 2.47. The van der Waals surface area contributed by atoms with Crippen LogP contribution in [0, 0.1) is 0 Å². The molecule has 1 N–H and O–H groups in total. The van der Waals surface area contributed by atoms with Crippen molar-refractivity contribution in [3.63, 3.8) is 0 Å². The molecule has 0 spiro atoms. The average Bonchev–Trinajstić information content (AvgIpc) is 3.20. The van der Waals surface area contributed by atoms with E-state index in [1.165, 1.54) is 21.3 Å². The summed E-state index contributed by atoms with van der Waals surface area (Å²) in [6.07, 6.45) is 0. The Hall–Kier alpha value is -3.75. The molecule has 1 amide bonds. The van der Waals surface area contributed by atoms with Crippen molar-refractivity contribution in [2.24, 2.45) is 0 Å². The summed E-state index contributed by atoms with van der Waals surface area (Å²) in [7, 11) is 6.09. The molecule has 0 radical (unpaired) electrons. The van der Waals surface area contributed by atoms with Gasteiger partial charge in [0, 0.05) is 17.7 Å². The van der Waals surface area contributed by atoms with E-state index in [1.807, 2.05) is 0 Å². The van der Waals surface area contributed by atoms with E-state index < -0.39 is 5.91 Å². The summed E-state index contributed by atoms with van der Waals surface area (Å²) in [4.78, 5) is 12.5. The summed E-state index contributed by atoms with van der Waals surface area (Å²) < 4.78 is 26.4. The Morgan fingerprint density at radius 1 is 0.857 bits per heavy atom. The van der Waals surface area contributed by atoms with Crippen LogP contribution in [-0.2, 0) is 0 Å². The van der Waals surface area contributed by atoms with E-state index in [-0.39, 0.29) is 11.9 Å². The molecular weight excluding hydrogens is 366 g/mol. The van der Waals surface area contributed by atoms with Crippen molar-refractivity contribution in [1.29, 1.82) is 0 Å². The molecule has 9 nitrogen and oxygen atoms in total. The van der Waals surface area contributed by atoms with Crippen molar-refractivity contribution in [2.45, 2.75) is 0 Å². The molecule has 1 aromatic heterocycles. The molecule has 146 valence electrons. The number of hydrogen-bond donors (Lipinski definition) is 1. The largest absolute Gasteiger partial charge is 0.497 e. The molecule has 28 heavy (non-hydrogen) atoms. The number of rotatable bonds is 7. The first-order valence-electron chi connectivity index (χ1n) is 8.18. The quantitative estimate of drug-likeness (QED) is 0.662. The molecule has 3 aromatic rings. The highest BCUT2D eigenvalue weighted by Gasteiger charge is 2.17. The van der Waals surface area contributed by atoms with Gasteiger partial charge in [-0.3, -0.25) is 10.1 Å². The highest BCUT2D eigenvalue weighted by Crippen LogP contribution is 2.33.